The maximum absolute atomic E-state index is 15.0. The van der Waals surface area contributed by atoms with Crippen molar-refractivity contribution >= 4 is 23.1 Å². The summed E-state index contributed by atoms with van der Waals surface area (Å²) in [6.45, 7) is 2.74. The summed E-state index contributed by atoms with van der Waals surface area (Å²) in [6, 6.07) is 12.1. The lowest BCUT2D eigenvalue weighted by molar-refractivity contribution is -0.165. The molecule has 138 valence electrons. The van der Waals surface area contributed by atoms with Gasteiger partial charge in [0.1, 0.15) is 0 Å². The molecule has 0 atom stereocenters. The Morgan fingerprint density at radius 2 is 1.44 bits per heavy atom. The third kappa shape index (κ3) is 2.97. The van der Waals surface area contributed by atoms with Crippen LogP contribution in [0.15, 0.2) is 54.1 Å². The number of carbonyl (C=O) groups is 3. The number of fused-ring (bicyclic) bond motifs is 1. The number of ketones is 2. The van der Waals surface area contributed by atoms with E-state index in [-0.39, 0.29) is 23.3 Å². The van der Waals surface area contributed by atoms with Gasteiger partial charge < -0.3 is 4.74 Å². The van der Waals surface area contributed by atoms with E-state index in [2.05, 4.69) is 4.74 Å². The van der Waals surface area contributed by atoms with Gasteiger partial charge in [0.2, 0.25) is 0 Å². The van der Waals surface area contributed by atoms with Gasteiger partial charge in [-0.05, 0) is 25.0 Å². The number of rotatable bonds is 4. The second-order valence-corrected chi connectivity index (χ2v) is 6.06. The van der Waals surface area contributed by atoms with E-state index in [0.717, 1.165) is 0 Å². The molecule has 0 unspecified atom stereocenters. The number of halogens is 2. The zero-order chi connectivity index (χ0) is 19.8. The van der Waals surface area contributed by atoms with Crippen LogP contribution in [0.3, 0.4) is 0 Å². The number of ether oxygens (including phenoxy) is 1. The van der Waals surface area contributed by atoms with E-state index < -0.39 is 34.6 Å². The molecule has 3 rings (SSSR count). The van der Waals surface area contributed by atoms with Crippen molar-refractivity contribution in [3.05, 3.63) is 76.4 Å². The zero-order valence-electron chi connectivity index (χ0n) is 14.7. The van der Waals surface area contributed by atoms with Crippen LogP contribution >= 0.6 is 0 Å². The molecular formula is C21H16F2O4. The highest BCUT2D eigenvalue weighted by Gasteiger charge is 2.53. The van der Waals surface area contributed by atoms with Gasteiger partial charge in [-0.3, -0.25) is 9.59 Å². The summed E-state index contributed by atoms with van der Waals surface area (Å²) < 4.78 is 34.4. The molecule has 0 bridgehead atoms. The lowest BCUT2D eigenvalue weighted by atomic mass is 9.78. The van der Waals surface area contributed by atoms with Gasteiger partial charge in [0.05, 0.1) is 12.2 Å². The van der Waals surface area contributed by atoms with E-state index in [1.54, 1.807) is 31.2 Å². The third-order valence-corrected chi connectivity index (χ3v) is 4.38. The van der Waals surface area contributed by atoms with E-state index in [1.165, 1.54) is 31.2 Å². The number of benzene rings is 2. The molecule has 0 fully saturated rings. The first-order valence-corrected chi connectivity index (χ1v) is 8.34. The SMILES string of the molecule is CCOC(=O)C(F)(F)C1=C(c2ccccc2C)C(=O)c2ccccc2C1=O. The van der Waals surface area contributed by atoms with Crippen LogP contribution in [-0.4, -0.2) is 30.1 Å². The van der Waals surface area contributed by atoms with Crippen molar-refractivity contribution in [2.24, 2.45) is 0 Å². The Kier molecular flexibility index (Phi) is 4.74. The van der Waals surface area contributed by atoms with Crippen LogP contribution in [0.25, 0.3) is 5.57 Å². The molecule has 0 amide bonds. The molecule has 6 heteroatoms. The average molecular weight is 370 g/mol. The molecule has 0 radical (unpaired) electrons. The molecule has 0 saturated heterocycles. The Balaban J connectivity index is 2.36. The van der Waals surface area contributed by atoms with Crippen LogP contribution in [0.5, 0.6) is 0 Å². The molecule has 0 heterocycles. The number of carbonyl (C=O) groups excluding carboxylic acids is 3. The van der Waals surface area contributed by atoms with Crippen LogP contribution in [0, 0.1) is 6.92 Å². The Bertz CT molecular complexity index is 989. The number of alkyl halides is 2. The third-order valence-electron chi connectivity index (χ3n) is 4.38. The lowest BCUT2D eigenvalue weighted by Gasteiger charge is -2.26. The number of allylic oxidation sites excluding steroid dienone is 1. The van der Waals surface area contributed by atoms with Crippen LogP contribution in [0.4, 0.5) is 8.78 Å². The van der Waals surface area contributed by atoms with Crippen molar-refractivity contribution in [2.75, 3.05) is 6.61 Å². The van der Waals surface area contributed by atoms with Crippen LogP contribution in [-0.2, 0) is 9.53 Å². The Morgan fingerprint density at radius 3 is 2.00 bits per heavy atom. The molecule has 4 nitrogen and oxygen atoms in total. The molecule has 0 aromatic heterocycles. The highest BCUT2D eigenvalue weighted by Crippen LogP contribution is 2.41. The number of esters is 1. The average Bonchev–Trinajstić information content (AvgIpc) is 2.65. The topological polar surface area (TPSA) is 60.4 Å². The van der Waals surface area contributed by atoms with Gasteiger partial charge in [0, 0.05) is 16.7 Å². The standard InChI is InChI=1S/C21H16F2O4/c1-3-27-20(26)21(22,23)17-16(13-9-5-4-8-12(13)2)18(24)14-10-6-7-11-15(14)19(17)25/h4-11H,3H2,1-2H3. The summed E-state index contributed by atoms with van der Waals surface area (Å²) in [5.74, 6) is -7.89. The highest BCUT2D eigenvalue weighted by molar-refractivity contribution is 6.42. The summed E-state index contributed by atoms with van der Waals surface area (Å²) in [5.41, 5.74) is -1.01. The number of hydrogen-bond acceptors (Lipinski definition) is 4. The molecule has 2 aromatic rings. The second-order valence-electron chi connectivity index (χ2n) is 6.06. The van der Waals surface area contributed by atoms with E-state index in [0.29, 0.717) is 5.56 Å². The Labute approximate surface area is 154 Å². The van der Waals surface area contributed by atoms with Gasteiger partial charge in [-0.15, -0.1) is 0 Å². The molecule has 1 aliphatic carbocycles. The molecule has 27 heavy (non-hydrogen) atoms. The fourth-order valence-electron chi connectivity index (χ4n) is 3.11. The van der Waals surface area contributed by atoms with Gasteiger partial charge in [0.25, 0.3) is 0 Å². The normalized spacial score (nSPS) is 14.2. The minimum absolute atomic E-state index is 0.0316. The second kappa shape index (κ2) is 6.87. The predicted octanol–water partition coefficient (Wildman–Crippen LogP) is 4.03. The number of hydrogen-bond donors (Lipinski definition) is 0. The zero-order valence-corrected chi connectivity index (χ0v) is 14.7. The summed E-state index contributed by atoms with van der Waals surface area (Å²) in [7, 11) is 0. The number of aryl methyl sites for hydroxylation is 1. The minimum Gasteiger partial charge on any atom is -0.461 e. The number of Topliss-reactive ketones (excluding diaryl/α,β-unsaturated/α-hetero) is 2. The van der Waals surface area contributed by atoms with Crippen molar-refractivity contribution in [3.8, 4) is 0 Å². The van der Waals surface area contributed by atoms with Crippen molar-refractivity contribution in [1.82, 2.24) is 0 Å². The van der Waals surface area contributed by atoms with E-state index in [1.807, 2.05) is 0 Å². The fraction of sp³-hybridized carbons (Fsp3) is 0.190. The smallest absolute Gasteiger partial charge is 0.382 e. The monoisotopic (exact) mass is 370 g/mol. The first-order valence-electron chi connectivity index (χ1n) is 8.34. The summed E-state index contributed by atoms with van der Waals surface area (Å²) in [4.78, 5) is 37.9. The molecule has 1 aliphatic rings. The molecule has 2 aromatic carbocycles. The summed E-state index contributed by atoms with van der Waals surface area (Å²) in [5, 5.41) is 0. The van der Waals surface area contributed by atoms with Gasteiger partial charge in [-0.25, -0.2) is 4.79 Å². The van der Waals surface area contributed by atoms with Gasteiger partial charge in [0.15, 0.2) is 11.6 Å². The van der Waals surface area contributed by atoms with E-state index >= 15 is 0 Å². The van der Waals surface area contributed by atoms with Crippen LogP contribution in [0.2, 0.25) is 0 Å². The van der Waals surface area contributed by atoms with E-state index in [9.17, 15) is 23.2 Å². The first-order chi connectivity index (χ1) is 12.8. The largest absolute Gasteiger partial charge is 0.461 e. The maximum Gasteiger partial charge on any atom is 0.382 e. The van der Waals surface area contributed by atoms with Crippen molar-refractivity contribution < 1.29 is 27.9 Å². The maximum atomic E-state index is 15.0. The Morgan fingerprint density at radius 1 is 0.926 bits per heavy atom. The Hall–Kier alpha value is -3.15. The van der Waals surface area contributed by atoms with Gasteiger partial charge >= 0.3 is 11.9 Å². The lowest BCUT2D eigenvalue weighted by Crippen LogP contribution is -2.40. The van der Waals surface area contributed by atoms with Crippen molar-refractivity contribution in [1.29, 1.82) is 0 Å². The van der Waals surface area contributed by atoms with E-state index in [4.69, 9.17) is 0 Å². The summed E-state index contributed by atoms with van der Waals surface area (Å²) in [6.07, 6.45) is 0. The highest BCUT2D eigenvalue weighted by atomic mass is 19.3. The molecule has 0 aliphatic heterocycles. The molecule has 0 N–H and O–H groups in total. The van der Waals surface area contributed by atoms with Gasteiger partial charge in [-0.2, -0.15) is 8.78 Å². The summed E-state index contributed by atoms with van der Waals surface area (Å²) >= 11 is 0. The quantitative estimate of drug-likeness (QED) is 0.763. The molecular weight excluding hydrogens is 354 g/mol. The van der Waals surface area contributed by atoms with Crippen LogP contribution in [0.1, 0.15) is 38.8 Å². The van der Waals surface area contributed by atoms with Crippen molar-refractivity contribution in [3.63, 3.8) is 0 Å². The molecule has 0 spiro atoms. The van der Waals surface area contributed by atoms with Gasteiger partial charge in [-0.1, -0.05) is 48.5 Å². The molecule has 0 saturated carbocycles. The fourth-order valence-corrected chi connectivity index (χ4v) is 3.11. The predicted molar refractivity (Wildman–Crippen MR) is 94.8 cm³/mol. The minimum atomic E-state index is -4.26. The van der Waals surface area contributed by atoms with Crippen molar-refractivity contribution in [2.45, 2.75) is 19.8 Å². The van der Waals surface area contributed by atoms with Crippen LogP contribution < -0.4 is 0 Å². The first kappa shape index (κ1) is 18.6.